The van der Waals surface area contributed by atoms with Crippen molar-refractivity contribution < 1.29 is 19.0 Å². The number of nitrogens with zero attached hydrogens (tertiary/aromatic N) is 2. The van der Waals surface area contributed by atoms with Gasteiger partial charge in [0.1, 0.15) is 0 Å². The van der Waals surface area contributed by atoms with E-state index < -0.39 is 5.97 Å². The van der Waals surface area contributed by atoms with Gasteiger partial charge in [0, 0.05) is 56.0 Å². The zero-order chi connectivity index (χ0) is 21.3. The summed E-state index contributed by atoms with van der Waals surface area (Å²) < 4.78 is 14.6. The number of methoxy groups -OCH3 is 1. The second kappa shape index (κ2) is 15.3. The molecule has 1 aromatic heterocycles. The predicted molar refractivity (Wildman–Crippen MR) is 118 cm³/mol. The van der Waals surface area contributed by atoms with Gasteiger partial charge in [-0.25, -0.2) is 14.8 Å². The molecule has 6 heteroatoms. The second-order valence-electron chi connectivity index (χ2n) is 6.91. The third-order valence-electron chi connectivity index (χ3n) is 4.47. The maximum atomic E-state index is 10.9. The van der Waals surface area contributed by atoms with Gasteiger partial charge in [-0.15, -0.1) is 0 Å². The molecule has 30 heavy (non-hydrogen) atoms. The van der Waals surface area contributed by atoms with Crippen molar-refractivity contribution in [3.05, 3.63) is 54.4 Å². The molecule has 0 atom stereocenters. The van der Waals surface area contributed by atoms with Gasteiger partial charge in [0.25, 0.3) is 0 Å². The number of rotatable bonds is 3. The molecule has 2 aliphatic heterocycles. The summed E-state index contributed by atoms with van der Waals surface area (Å²) >= 11 is 0. The third kappa shape index (κ3) is 10.3. The lowest BCUT2D eigenvalue weighted by Gasteiger charge is -2.08. The van der Waals surface area contributed by atoms with Crippen molar-refractivity contribution in [2.45, 2.75) is 38.5 Å². The molecular formula is C24H32N2O4. The largest absolute Gasteiger partial charge is 0.466 e. The predicted octanol–water partition coefficient (Wildman–Crippen LogP) is 4.70. The minimum atomic E-state index is -0.401. The maximum Gasteiger partial charge on any atom is 0.330 e. The lowest BCUT2D eigenvalue weighted by Crippen LogP contribution is -2.03. The number of carbonyl (C=O) groups excluding carboxylic acids is 1. The van der Waals surface area contributed by atoms with Gasteiger partial charge >= 0.3 is 5.97 Å². The summed E-state index contributed by atoms with van der Waals surface area (Å²) in [5, 5.41) is 0. The van der Waals surface area contributed by atoms with E-state index in [9.17, 15) is 4.79 Å². The maximum absolute atomic E-state index is 10.9. The number of aromatic nitrogens is 2. The highest BCUT2D eigenvalue weighted by molar-refractivity contribution is 5.86. The van der Waals surface area contributed by atoms with E-state index in [0.29, 0.717) is 5.82 Å². The van der Waals surface area contributed by atoms with Crippen LogP contribution in [0.1, 0.15) is 44.1 Å². The first-order chi connectivity index (χ1) is 14.8. The zero-order valence-electron chi connectivity index (χ0n) is 17.8. The standard InChI is InChI=1S/C14H12N2O2.2C5H10O/c1-18-13(17)8-7-11-9-15-14(16-10-11)12-5-3-2-4-6-12;2*1-2-4-6-5-3-1/h2-10H,1H3;2*1-5H2/b8-7+;;. The molecule has 0 N–H and O–H groups in total. The lowest BCUT2D eigenvalue weighted by atomic mass is 10.2. The molecule has 162 valence electrons. The molecule has 2 fully saturated rings. The number of benzene rings is 1. The van der Waals surface area contributed by atoms with Crippen LogP contribution in [0.25, 0.3) is 17.5 Å². The van der Waals surface area contributed by atoms with E-state index in [1.165, 1.54) is 51.7 Å². The Morgan fingerprint density at radius 2 is 1.40 bits per heavy atom. The van der Waals surface area contributed by atoms with E-state index in [2.05, 4.69) is 14.7 Å². The van der Waals surface area contributed by atoms with Gasteiger partial charge in [-0.05, 0) is 44.6 Å². The monoisotopic (exact) mass is 412 g/mol. The van der Waals surface area contributed by atoms with Crippen LogP contribution in [0.15, 0.2) is 48.8 Å². The summed E-state index contributed by atoms with van der Waals surface area (Å²) in [5.41, 5.74) is 1.71. The Bertz CT molecular complexity index is 690. The molecule has 2 aromatic rings. The topological polar surface area (TPSA) is 70.5 Å². The minimum Gasteiger partial charge on any atom is -0.466 e. The summed E-state index contributed by atoms with van der Waals surface area (Å²) in [6, 6.07) is 9.70. The number of ether oxygens (including phenoxy) is 3. The molecule has 6 nitrogen and oxygen atoms in total. The Hall–Kier alpha value is -2.57. The molecule has 0 radical (unpaired) electrons. The first kappa shape index (κ1) is 23.7. The molecule has 3 heterocycles. The molecule has 0 saturated carbocycles. The first-order valence-electron chi connectivity index (χ1n) is 10.6. The van der Waals surface area contributed by atoms with E-state index in [0.717, 1.165) is 37.6 Å². The molecule has 2 saturated heterocycles. The molecule has 0 amide bonds. The molecular weight excluding hydrogens is 380 g/mol. The van der Waals surface area contributed by atoms with Crippen LogP contribution >= 0.6 is 0 Å². The average Bonchev–Trinajstić information content (AvgIpc) is 2.86. The molecule has 0 bridgehead atoms. The Morgan fingerprint density at radius 3 is 1.80 bits per heavy atom. The summed E-state index contributed by atoms with van der Waals surface area (Å²) in [6.45, 7) is 4.00. The van der Waals surface area contributed by atoms with Crippen LogP contribution in [0, 0.1) is 0 Å². The molecule has 0 spiro atoms. The van der Waals surface area contributed by atoms with Gasteiger partial charge in [-0.1, -0.05) is 30.3 Å². The van der Waals surface area contributed by atoms with Gasteiger partial charge in [0.15, 0.2) is 5.82 Å². The highest BCUT2D eigenvalue weighted by Gasteiger charge is 1.99. The minimum absolute atomic E-state index is 0.401. The quantitative estimate of drug-likeness (QED) is 0.537. The van der Waals surface area contributed by atoms with Crippen molar-refractivity contribution in [2.24, 2.45) is 0 Å². The van der Waals surface area contributed by atoms with Crippen LogP contribution in [0.3, 0.4) is 0 Å². The van der Waals surface area contributed by atoms with Crippen LogP contribution in [0.4, 0.5) is 0 Å². The van der Waals surface area contributed by atoms with E-state index in [1.54, 1.807) is 18.5 Å². The molecule has 2 aliphatic rings. The van der Waals surface area contributed by atoms with E-state index in [1.807, 2.05) is 30.3 Å². The first-order valence-corrected chi connectivity index (χ1v) is 10.6. The smallest absolute Gasteiger partial charge is 0.330 e. The highest BCUT2D eigenvalue weighted by Crippen LogP contribution is 2.13. The van der Waals surface area contributed by atoms with Gasteiger partial charge < -0.3 is 14.2 Å². The summed E-state index contributed by atoms with van der Waals surface area (Å²) in [7, 11) is 1.33. The van der Waals surface area contributed by atoms with Crippen molar-refractivity contribution in [3.63, 3.8) is 0 Å². The number of hydrogen-bond acceptors (Lipinski definition) is 6. The van der Waals surface area contributed by atoms with Gasteiger partial charge in [-0.3, -0.25) is 0 Å². The Balaban J connectivity index is 0.000000215. The zero-order valence-corrected chi connectivity index (χ0v) is 17.8. The fourth-order valence-electron chi connectivity index (χ4n) is 2.77. The van der Waals surface area contributed by atoms with Crippen molar-refractivity contribution >= 4 is 12.0 Å². The van der Waals surface area contributed by atoms with Gasteiger partial charge in [0.2, 0.25) is 0 Å². The summed E-state index contributed by atoms with van der Waals surface area (Å²) in [4.78, 5) is 19.4. The number of carbonyl (C=O) groups is 1. The lowest BCUT2D eigenvalue weighted by molar-refractivity contribution is -0.134. The number of hydrogen-bond donors (Lipinski definition) is 0. The fourth-order valence-corrected chi connectivity index (χ4v) is 2.77. The van der Waals surface area contributed by atoms with Crippen LogP contribution in [-0.4, -0.2) is 49.5 Å². The van der Waals surface area contributed by atoms with Crippen LogP contribution < -0.4 is 0 Å². The highest BCUT2D eigenvalue weighted by atomic mass is 16.5. The van der Waals surface area contributed by atoms with Crippen LogP contribution in [0.2, 0.25) is 0 Å². The average molecular weight is 413 g/mol. The Kier molecular flexibility index (Phi) is 12.1. The van der Waals surface area contributed by atoms with Gasteiger partial charge in [-0.2, -0.15) is 0 Å². The van der Waals surface area contributed by atoms with Crippen LogP contribution in [0.5, 0.6) is 0 Å². The molecule has 0 aliphatic carbocycles. The fraction of sp³-hybridized carbons (Fsp3) is 0.458. The Labute approximate surface area is 179 Å². The van der Waals surface area contributed by atoms with Crippen molar-refractivity contribution in [2.75, 3.05) is 33.5 Å². The molecule has 1 aromatic carbocycles. The van der Waals surface area contributed by atoms with Crippen molar-refractivity contribution in [1.29, 1.82) is 0 Å². The van der Waals surface area contributed by atoms with E-state index in [4.69, 9.17) is 9.47 Å². The molecule has 0 unspecified atom stereocenters. The SMILES string of the molecule is C1CCOCC1.C1CCOCC1.COC(=O)/C=C/c1cnc(-c2ccccc2)nc1. The van der Waals surface area contributed by atoms with Crippen molar-refractivity contribution in [1.82, 2.24) is 9.97 Å². The van der Waals surface area contributed by atoms with Crippen molar-refractivity contribution in [3.8, 4) is 11.4 Å². The molecule has 4 rings (SSSR count). The van der Waals surface area contributed by atoms with Crippen LogP contribution in [-0.2, 0) is 19.0 Å². The summed E-state index contributed by atoms with van der Waals surface area (Å²) in [5.74, 6) is 0.257. The Morgan fingerprint density at radius 1 is 0.867 bits per heavy atom. The normalized spacial score (nSPS) is 15.9. The number of esters is 1. The van der Waals surface area contributed by atoms with E-state index in [-0.39, 0.29) is 0 Å². The van der Waals surface area contributed by atoms with Gasteiger partial charge in [0.05, 0.1) is 7.11 Å². The summed E-state index contributed by atoms with van der Waals surface area (Å²) in [6.07, 6.45) is 14.1. The second-order valence-corrected chi connectivity index (χ2v) is 6.91. The third-order valence-corrected chi connectivity index (χ3v) is 4.47. The van der Waals surface area contributed by atoms with E-state index >= 15 is 0 Å².